The number of benzene rings is 1. The van der Waals surface area contributed by atoms with Gasteiger partial charge in [0.05, 0.1) is 0 Å². The minimum atomic E-state index is 0.327. The molecule has 108 valence electrons. The third-order valence-electron chi connectivity index (χ3n) is 3.28. The summed E-state index contributed by atoms with van der Waals surface area (Å²) in [5.74, 6) is 0. The molecule has 0 amide bonds. The SMILES string of the molecule is CCNC(c1ccccc1)C(CC)Sc1nncn1C. The number of hydrogen-bond donors (Lipinski definition) is 1. The van der Waals surface area contributed by atoms with Gasteiger partial charge in [-0.3, -0.25) is 0 Å². The predicted octanol–water partition coefficient (Wildman–Crippen LogP) is 3.04. The van der Waals surface area contributed by atoms with Crippen molar-refractivity contribution >= 4 is 11.8 Å². The van der Waals surface area contributed by atoms with E-state index < -0.39 is 0 Å². The van der Waals surface area contributed by atoms with E-state index in [4.69, 9.17) is 0 Å². The van der Waals surface area contributed by atoms with Crippen LogP contribution >= 0.6 is 11.8 Å². The van der Waals surface area contributed by atoms with Gasteiger partial charge in [-0.25, -0.2) is 0 Å². The normalized spacial score (nSPS) is 14.2. The zero-order valence-electron chi connectivity index (χ0n) is 12.3. The van der Waals surface area contributed by atoms with E-state index in [0.29, 0.717) is 11.3 Å². The molecule has 1 aromatic heterocycles. The van der Waals surface area contributed by atoms with E-state index >= 15 is 0 Å². The van der Waals surface area contributed by atoms with Gasteiger partial charge in [0.1, 0.15) is 6.33 Å². The lowest BCUT2D eigenvalue weighted by Gasteiger charge is -2.26. The van der Waals surface area contributed by atoms with Crippen LogP contribution < -0.4 is 5.32 Å². The van der Waals surface area contributed by atoms with Crippen molar-refractivity contribution in [2.45, 2.75) is 36.7 Å². The van der Waals surface area contributed by atoms with Crippen molar-refractivity contribution in [3.05, 3.63) is 42.2 Å². The lowest BCUT2D eigenvalue weighted by atomic mass is 10.0. The van der Waals surface area contributed by atoms with Crippen molar-refractivity contribution in [1.29, 1.82) is 0 Å². The first-order valence-corrected chi connectivity index (χ1v) is 7.93. The molecule has 2 aromatic rings. The second-order valence-corrected chi connectivity index (χ2v) is 5.94. The molecule has 0 saturated heterocycles. The average Bonchev–Trinajstić information content (AvgIpc) is 2.89. The average molecular weight is 290 g/mol. The van der Waals surface area contributed by atoms with Crippen molar-refractivity contribution in [3.8, 4) is 0 Å². The summed E-state index contributed by atoms with van der Waals surface area (Å²) in [4.78, 5) is 0. The lowest BCUT2D eigenvalue weighted by molar-refractivity contribution is 0.520. The Labute approximate surface area is 125 Å². The van der Waals surface area contributed by atoms with E-state index in [1.54, 1.807) is 18.1 Å². The molecule has 0 aliphatic heterocycles. The molecule has 2 unspecified atom stereocenters. The standard InChI is InChI=1S/C15H22N4S/c1-4-13(20-15-18-17-11-19(15)3)14(16-5-2)12-9-7-6-8-10-12/h6-11,13-14,16H,4-5H2,1-3H3. The van der Waals surface area contributed by atoms with Crippen LogP contribution in [0.2, 0.25) is 0 Å². The van der Waals surface area contributed by atoms with E-state index in [2.05, 4.69) is 59.7 Å². The van der Waals surface area contributed by atoms with Gasteiger partial charge < -0.3 is 9.88 Å². The summed E-state index contributed by atoms with van der Waals surface area (Å²) in [5.41, 5.74) is 1.33. The quantitative estimate of drug-likeness (QED) is 0.796. The van der Waals surface area contributed by atoms with Gasteiger partial charge in [0.25, 0.3) is 0 Å². The van der Waals surface area contributed by atoms with E-state index in [9.17, 15) is 0 Å². The fourth-order valence-corrected chi connectivity index (χ4v) is 3.38. The lowest BCUT2D eigenvalue weighted by Crippen LogP contribution is -2.30. The second-order valence-electron chi connectivity index (χ2n) is 4.74. The highest BCUT2D eigenvalue weighted by Gasteiger charge is 2.23. The number of hydrogen-bond acceptors (Lipinski definition) is 4. The topological polar surface area (TPSA) is 42.7 Å². The molecule has 0 radical (unpaired) electrons. The fraction of sp³-hybridized carbons (Fsp3) is 0.467. The molecule has 4 nitrogen and oxygen atoms in total. The molecule has 0 saturated carbocycles. The van der Waals surface area contributed by atoms with Crippen LogP contribution in [0.1, 0.15) is 31.9 Å². The Morgan fingerprint density at radius 1 is 1.25 bits per heavy atom. The molecule has 2 atom stereocenters. The van der Waals surface area contributed by atoms with E-state index in [1.165, 1.54) is 5.56 Å². The largest absolute Gasteiger partial charge is 0.312 e. The van der Waals surface area contributed by atoms with Gasteiger partial charge in [-0.2, -0.15) is 0 Å². The number of nitrogens with one attached hydrogen (secondary N) is 1. The highest BCUT2D eigenvalue weighted by atomic mass is 32.2. The summed E-state index contributed by atoms with van der Waals surface area (Å²) in [6, 6.07) is 11.0. The summed E-state index contributed by atoms with van der Waals surface area (Å²) >= 11 is 1.79. The molecular weight excluding hydrogens is 268 g/mol. The van der Waals surface area contributed by atoms with Gasteiger partial charge >= 0.3 is 0 Å². The molecule has 0 spiro atoms. The molecular formula is C15H22N4S. The monoisotopic (exact) mass is 290 g/mol. The Morgan fingerprint density at radius 2 is 2.00 bits per heavy atom. The van der Waals surface area contributed by atoms with Crippen LogP contribution in [0.25, 0.3) is 0 Å². The summed E-state index contributed by atoms with van der Waals surface area (Å²) in [5, 5.41) is 13.1. The van der Waals surface area contributed by atoms with Gasteiger partial charge in [-0.1, -0.05) is 55.9 Å². The number of aromatic nitrogens is 3. The Kier molecular flexibility index (Phi) is 5.61. The molecule has 0 bridgehead atoms. The van der Waals surface area contributed by atoms with Crippen molar-refractivity contribution in [2.24, 2.45) is 7.05 Å². The van der Waals surface area contributed by atoms with Gasteiger partial charge in [0.15, 0.2) is 5.16 Å². The maximum absolute atomic E-state index is 4.19. The number of rotatable bonds is 7. The van der Waals surface area contributed by atoms with E-state index in [1.807, 2.05) is 11.6 Å². The first-order valence-electron chi connectivity index (χ1n) is 7.05. The zero-order chi connectivity index (χ0) is 14.4. The predicted molar refractivity (Wildman–Crippen MR) is 83.8 cm³/mol. The molecule has 5 heteroatoms. The van der Waals surface area contributed by atoms with Crippen LogP contribution in [0, 0.1) is 0 Å². The smallest absolute Gasteiger partial charge is 0.191 e. The van der Waals surface area contributed by atoms with Crippen LogP contribution in [0.15, 0.2) is 41.8 Å². The Hall–Kier alpha value is -1.33. The number of thioether (sulfide) groups is 1. The minimum Gasteiger partial charge on any atom is -0.312 e. The highest BCUT2D eigenvalue weighted by molar-refractivity contribution is 7.99. The first kappa shape index (κ1) is 15.1. The van der Waals surface area contributed by atoms with Crippen LogP contribution in [-0.4, -0.2) is 26.6 Å². The second kappa shape index (κ2) is 7.45. The molecule has 0 fully saturated rings. The fourth-order valence-electron chi connectivity index (χ4n) is 2.25. The maximum Gasteiger partial charge on any atom is 0.191 e. The molecule has 20 heavy (non-hydrogen) atoms. The Bertz CT molecular complexity index is 512. The molecule has 1 heterocycles. The summed E-state index contributed by atoms with van der Waals surface area (Å²) in [6.07, 6.45) is 2.82. The van der Waals surface area contributed by atoms with Gasteiger partial charge in [-0.05, 0) is 18.5 Å². The highest BCUT2D eigenvalue weighted by Crippen LogP contribution is 2.33. The van der Waals surface area contributed by atoms with Crippen molar-refractivity contribution in [2.75, 3.05) is 6.54 Å². The van der Waals surface area contributed by atoms with Crippen molar-refractivity contribution < 1.29 is 0 Å². The minimum absolute atomic E-state index is 0.327. The van der Waals surface area contributed by atoms with Gasteiger partial charge in [0.2, 0.25) is 0 Å². The number of aryl methyl sites for hydroxylation is 1. The third-order valence-corrected chi connectivity index (χ3v) is 4.77. The van der Waals surface area contributed by atoms with Gasteiger partial charge in [0, 0.05) is 18.3 Å². The third kappa shape index (κ3) is 3.61. The molecule has 1 aromatic carbocycles. The van der Waals surface area contributed by atoms with Crippen LogP contribution in [0.5, 0.6) is 0 Å². The van der Waals surface area contributed by atoms with E-state index in [0.717, 1.165) is 18.1 Å². The summed E-state index contributed by atoms with van der Waals surface area (Å²) < 4.78 is 1.97. The van der Waals surface area contributed by atoms with Crippen LogP contribution in [-0.2, 0) is 7.05 Å². The van der Waals surface area contributed by atoms with Crippen LogP contribution in [0.3, 0.4) is 0 Å². The summed E-state index contributed by atoms with van der Waals surface area (Å²) in [7, 11) is 1.99. The summed E-state index contributed by atoms with van der Waals surface area (Å²) in [6.45, 7) is 5.33. The maximum atomic E-state index is 4.19. The van der Waals surface area contributed by atoms with Crippen molar-refractivity contribution in [1.82, 2.24) is 20.1 Å². The molecule has 0 aliphatic carbocycles. The van der Waals surface area contributed by atoms with E-state index in [-0.39, 0.29) is 0 Å². The Morgan fingerprint density at radius 3 is 2.55 bits per heavy atom. The zero-order valence-corrected chi connectivity index (χ0v) is 13.1. The first-order chi connectivity index (χ1) is 9.76. The molecule has 0 aliphatic rings. The number of nitrogens with zero attached hydrogens (tertiary/aromatic N) is 3. The van der Waals surface area contributed by atoms with Crippen LogP contribution in [0.4, 0.5) is 0 Å². The molecule has 1 N–H and O–H groups in total. The van der Waals surface area contributed by atoms with Gasteiger partial charge in [-0.15, -0.1) is 10.2 Å². The molecule has 2 rings (SSSR count). The Balaban J connectivity index is 2.19. The van der Waals surface area contributed by atoms with Crippen molar-refractivity contribution in [3.63, 3.8) is 0 Å².